The van der Waals surface area contributed by atoms with Gasteiger partial charge in [0.25, 0.3) is 0 Å². The molecule has 0 unspecified atom stereocenters. The summed E-state index contributed by atoms with van der Waals surface area (Å²) in [5, 5.41) is 4.44. The third-order valence-corrected chi connectivity index (χ3v) is 4.00. The van der Waals surface area contributed by atoms with Gasteiger partial charge in [0.1, 0.15) is 0 Å². The summed E-state index contributed by atoms with van der Waals surface area (Å²) < 4.78 is 5.05. The zero-order valence-corrected chi connectivity index (χ0v) is 10.9. The number of rotatable bonds is 4. The van der Waals surface area contributed by atoms with Gasteiger partial charge in [0.15, 0.2) is 0 Å². The molecular weight excluding hydrogens is 246 g/mol. The molecule has 3 heteroatoms. The van der Waals surface area contributed by atoms with E-state index in [0.717, 1.165) is 11.6 Å². The van der Waals surface area contributed by atoms with E-state index in [-0.39, 0.29) is 0 Å². The molecule has 18 heavy (non-hydrogen) atoms. The van der Waals surface area contributed by atoms with Crippen molar-refractivity contribution in [3.8, 4) is 0 Å². The quantitative estimate of drug-likeness (QED) is 0.901. The van der Waals surface area contributed by atoms with Crippen molar-refractivity contribution in [1.29, 1.82) is 0 Å². The van der Waals surface area contributed by atoms with Crippen molar-refractivity contribution < 1.29 is 4.42 Å². The third-order valence-electron chi connectivity index (χ3n) is 3.66. The summed E-state index contributed by atoms with van der Waals surface area (Å²) in [4.78, 5) is 0. The van der Waals surface area contributed by atoms with Gasteiger partial charge in [-0.05, 0) is 36.5 Å². The maximum atomic E-state index is 6.20. The van der Waals surface area contributed by atoms with E-state index in [9.17, 15) is 0 Å². The first-order valence-electron chi connectivity index (χ1n) is 6.32. The Hall–Kier alpha value is -1.25. The normalized spacial score (nSPS) is 22.7. The lowest BCUT2D eigenvalue weighted by Crippen LogP contribution is -2.39. The van der Waals surface area contributed by atoms with Gasteiger partial charge in [-0.3, -0.25) is 0 Å². The van der Waals surface area contributed by atoms with Crippen molar-refractivity contribution in [3.05, 3.63) is 59.0 Å². The molecule has 94 valence electrons. The van der Waals surface area contributed by atoms with Crippen LogP contribution in [0.15, 0.2) is 47.3 Å². The second-order valence-electron chi connectivity index (χ2n) is 4.90. The average Bonchev–Trinajstić information content (AvgIpc) is 2.82. The van der Waals surface area contributed by atoms with Crippen LogP contribution in [-0.4, -0.2) is 6.04 Å². The van der Waals surface area contributed by atoms with Gasteiger partial charge in [-0.15, -0.1) is 0 Å². The Morgan fingerprint density at radius 3 is 2.78 bits per heavy atom. The highest BCUT2D eigenvalue weighted by Gasteiger charge is 2.30. The minimum absolute atomic E-state index is 0.598. The Balaban J connectivity index is 1.50. The third kappa shape index (κ3) is 2.45. The van der Waals surface area contributed by atoms with E-state index in [0.29, 0.717) is 12.0 Å². The standard InChI is InChI=1S/C15H16ClNO/c16-15-4-2-1-3-14(15)12-7-13(8-12)17-9-11-5-6-18-10-11/h1-6,10,12-13,17H,7-9H2. The zero-order valence-electron chi connectivity index (χ0n) is 10.1. The number of furan rings is 1. The van der Waals surface area contributed by atoms with E-state index in [1.165, 1.54) is 24.0 Å². The number of hydrogen-bond acceptors (Lipinski definition) is 2. The molecule has 0 bridgehead atoms. The molecule has 1 aliphatic rings. The van der Waals surface area contributed by atoms with Gasteiger partial charge in [-0.25, -0.2) is 0 Å². The van der Waals surface area contributed by atoms with E-state index in [1.54, 1.807) is 12.5 Å². The van der Waals surface area contributed by atoms with Gasteiger partial charge in [-0.1, -0.05) is 29.8 Å². The summed E-state index contributed by atoms with van der Waals surface area (Å²) >= 11 is 6.20. The Morgan fingerprint density at radius 1 is 1.22 bits per heavy atom. The molecule has 3 rings (SSSR count). The van der Waals surface area contributed by atoms with Crippen molar-refractivity contribution in [3.63, 3.8) is 0 Å². The van der Waals surface area contributed by atoms with Crippen LogP contribution in [0, 0.1) is 0 Å². The topological polar surface area (TPSA) is 25.2 Å². The van der Waals surface area contributed by atoms with Gasteiger partial charge in [0.05, 0.1) is 12.5 Å². The fraction of sp³-hybridized carbons (Fsp3) is 0.333. The molecule has 2 nitrogen and oxygen atoms in total. The van der Waals surface area contributed by atoms with Gasteiger partial charge in [-0.2, -0.15) is 0 Å². The molecule has 2 aromatic rings. The highest BCUT2D eigenvalue weighted by Crippen LogP contribution is 2.39. The molecule has 0 amide bonds. The predicted molar refractivity (Wildman–Crippen MR) is 72.8 cm³/mol. The molecule has 0 saturated heterocycles. The number of halogens is 1. The molecule has 0 spiro atoms. The summed E-state index contributed by atoms with van der Waals surface area (Å²) in [5.74, 6) is 0.612. The van der Waals surface area contributed by atoms with Crippen LogP contribution in [0.3, 0.4) is 0 Å². The van der Waals surface area contributed by atoms with Crippen molar-refractivity contribution in [2.75, 3.05) is 0 Å². The van der Waals surface area contributed by atoms with Crippen LogP contribution in [0.5, 0.6) is 0 Å². The Morgan fingerprint density at radius 2 is 2.06 bits per heavy atom. The molecule has 0 atom stereocenters. The van der Waals surface area contributed by atoms with Gasteiger partial charge in [0, 0.05) is 23.2 Å². The lowest BCUT2D eigenvalue weighted by Gasteiger charge is -2.36. The molecule has 1 aromatic heterocycles. The maximum Gasteiger partial charge on any atom is 0.0947 e. The van der Waals surface area contributed by atoms with Crippen LogP contribution >= 0.6 is 11.6 Å². The first-order chi connectivity index (χ1) is 8.83. The molecule has 1 fully saturated rings. The van der Waals surface area contributed by atoms with Crippen LogP contribution in [0.2, 0.25) is 5.02 Å². The van der Waals surface area contributed by atoms with Gasteiger partial charge < -0.3 is 9.73 Å². The molecule has 1 aromatic carbocycles. The smallest absolute Gasteiger partial charge is 0.0947 e. The molecule has 1 saturated carbocycles. The number of nitrogens with one attached hydrogen (secondary N) is 1. The average molecular weight is 262 g/mol. The van der Waals surface area contributed by atoms with Crippen LogP contribution < -0.4 is 5.32 Å². The lowest BCUT2D eigenvalue weighted by atomic mass is 9.76. The second kappa shape index (κ2) is 5.17. The van der Waals surface area contributed by atoms with E-state index in [1.807, 2.05) is 18.2 Å². The minimum atomic E-state index is 0.598. The predicted octanol–water partition coefficient (Wildman–Crippen LogP) is 3.97. The van der Waals surface area contributed by atoms with E-state index >= 15 is 0 Å². The van der Waals surface area contributed by atoms with Crippen molar-refractivity contribution in [2.45, 2.75) is 31.3 Å². The summed E-state index contributed by atoms with van der Waals surface area (Å²) in [7, 11) is 0. The molecule has 1 heterocycles. The summed E-state index contributed by atoms with van der Waals surface area (Å²) in [6.45, 7) is 0.885. The van der Waals surface area contributed by atoms with Crippen LogP contribution in [0.25, 0.3) is 0 Å². The highest BCUT2D eigenvalue weighted by atomic mass is 35.5. The van der Waals surface area contributed by atoms with Crippen molar-refractivity contribution in [2.24, 2.45) is 0 Å². The lowest BCUT2D eigenvalue weighted by molar-refractivity contribution is 0.289. The van der Waals surface area contributed by atoms with Crippen LogP contribution in [0.1, 0.15) is 29.9 Å². The molecule has 0 radical (unpaired) electrons. The summed E-state index contributed by atoms with van der Waals surface area (Å²) in [6, 6.07) is 10.8. The largest absolute Gasteiger partial charge is 0.472 e. The molecule has 1 aliphatic carbocycles. The molecular formula is C15H16ClNO. The van der Waals surface area contributed by atoms with E-state index in [4.69, 9.17) is 16.0 Å². The number of benzene rings is 1. The molecule has 1 N–H and O–H groups in total. The Bertz CT molecular complexity index is 503. The summed E-state index contributed by atoms with van der Waals surface area (Å²) in [6.07, 6.45) is 5.84. The highest BCUT2D eigenvalue weighted by molar-refractivity contribution is 6.31. The second-order valence-corrected chi connectivity index (χ2v) is 5.31. The van der Waals surface area contributed by atoms with Crippen molar-refractivity contribution >= 4 is 11.6 Å². The Kier molecular flexibility index (Phi) is 3.39. The fourth-order valence-electron chi connectivity index (χ4n) is 2.50. The zero-order chi connectivity index (χ0) is 12.4. The van der Waals surface area contributed by atoms with Crippen LogP contribution in [0.4, 0.5) is 0 Å². The van der Waals surface area contributed by atoms with E-state index < -0.39 is 0 Å². The van der Waals surface area contributed by atoms with Crippen LogP contribution in [-0.2, 0) is 6.54 Å². The molecule has 0 aliphatic heterocycles. The van der Waals surface area contributed by atoms with Gasteiger partial charge in [0.2, 0.25) is 0 Å². The fourth-order valence-corrected chi connectivity index (χ4v) is 2.79. The minimum Gasteiger partial charge on any atom is -0.472 e. The van der Waals surface area contributed by atoms with Gasteiger partial charge >= 0.3 is 0 Å². The monoisotopic (exact) mass is 261 g/mol. The Labute approximate surface area is 112 Å². The SMILES string of the molecule is Clc1ccccc1C1CC(NCc2ccoc2)C1. The summed E-state index contributed by atoms with van der Waals surface area (Å²) in [5.41, 5.74) is 2.50. The first-order valence-corrected chi connectivity index (χ1v) is 6.69. The maximum absolute atomic E-state index is 6.20. The first kappa shape index (κ1) is 11.8. The van der Waals surface area contributed by atoms with E-state index in [2.05, 4.69) is 17.4 Å². The number of hydrogen-bond donors (Lipinski definition) is 1. The van der Waals surface area contributed by atoms with Crippen molar-refractivity contribution in [1.82, 2.24) is 5.32 Å².